The van der Waals surface area contributed by atoms with Crippen molar-refractivity contribution < 1.29 is 18.3 Å². The van der Waals surface area contributed by atoms with Gasteiger partial charge >= 0.3 is 0 Å². The zero-order chi connectivity index (χ0) is 14.3. The van der Waals surface area contributed by atoms with E-state index in [0.29, 0.717) is 15.6 Å². The van der Waals surface area contributed by atoms with Crippen LogP contribution in [-0.2, 0) is 0 Å². The highest BCUT2D eigenvalue weighted by molar-refractivity contribution is 9.10. The van der Waals surface area contributed by atoms with Crippen molar-refractivity contribution in [2.45, 2.75) is 12.5 Å². The molecule has 0 radical (unpaired) electrons. The molecule has 0 N–H and O–H groups in total. The van der Waals surface area contributed by atoms with Gasteiger partial charge < -0.3 is 4.74 Å². The molecule has 102 valence electrons. The van der Waals surface area contributed by atoms with Gasteiger partial charge in [0, 0.05) is 6.07 Å². The summed E-state index contributed by atoms with van der Waals surface area (Å²) in [7, 11) is 0. The van der Waals surface area contributed by atoms with Crippen LogP contribution in [0.15, 0.2) is 40.9 Å². The van der Waals surface area contributed by atoms with Crippen LogP contribution >= 0.6 is 15.9 Å². The molecule has 2 aromatic rings. The molecule has 0 fully saturated rings. The minimum Gasteiger partial charge on any atom is -0.484 e. The molecular weight excluding hydrogens is 330 g/mol. The first kappa shape index (κ1) is 13.2. The first-order chi connectivity index (χ1) is 9.54. The lowest BCUT2D eigenvalue weighted by molar-refractivity contribution is 0.0849. The Labute approximate surface area is 122 Å². The van der Waals surface area contributed by atoms with Gasteiger partial charge in [-0.15, -0.1) is 0 Å². The van der Waals surface area contributed by atoms with E-state index in [1.54, 1.807) is 12.1 Å². The van der Waals surface area contributed by atoms with Crippen molar-refractivity contribution in [2.75, 3.05) is 0 Å². The second-order valence-corrected chi connectivity index (χ2v) is 5.40. The molecule has 0 spiro atoms. The molecule has 0 bridgehead atoms. The van der Waals surface area contributed by atoms with Crippen molar-refractivity contribution >= 4 is 21.7 Å². The minimum atomic E-state index is -0.598. The van der Waals surface area contributed by atoms with Crippen LogP contribution < -0.4 is 4.74 Å². The minimum absolute atomic E-state index is 0.111. The SMILES string of the molecule is O=C1CC(c2ccc(Br)c(F)c2)Oc2cc(F)ccc21. The smallest absolute Gasteiger partial charge is 0.170 e. The average Bonchev–Trinajstić information content (AvgIpc) is 2.41. The number of carbonyl (C=O) groups excluding carboxylic acids is 1. The molecule has 1 atom stereocenters. The summed E-state index contributed by atoms with van der Waals surface area (Å²) in [5.74, 6) is -0.836. The van der Waals surface area contributed by atoms with Gasteiger partial charge in [0.1, 0.15) is 23.5 Å². The topological polar surface area (TPSA) is 26.3 Å². The zero-order valence-electron chi connectivity index (χ0n) is 10.2. The fourth-order valence-corrected chi connectivity index (χ4v) is 2.44. The maximum Gasteiger partial charge on any atom is 0.170 e. The van der Waals surface area contributed by atoms with Gasteiger partial charge in [0.15, 0.2) is 5.78 Å². The van der Waals surface area contributed by atoms with Gasteiger partial charge in [-0.1, -0.05) is 6.07 Å². The van der Waals surface area contributed by atoms with Gasteiger partial charge in [-0.25, -0.2) is 8.78 Å². The number of halogens is 3. The lowest BCUT2D eigenvalue weighted by Crippen LogP contribution is -2.20. The predicted octanol–water partition coefficient (Wildman–Crippen LogP) is 4.43. The van der Waals surface area contributed by atoms with Crippen molar-refractivity contribution in [1.82, 2.24) is 0 Å². The van der Waals surface area contributed by atoms with Crippen molar-refractivity contribution in [3.63, 3.8) is 0 Å². The highest BCUT2D eigenvalue weighted by Crippen LogP contribution is 2.36. The van der Waals surface area contributed by atoms with Crippen LogP contribution in [-0.4, -0.2) is 5.78 Å². The fraction of sp³-hybridized carbons (Fsp3) is 0.133. The number of ketones is 1. The summed E-state index contributed by atoms with van der Waals surface area (Å²) in [5, 5.41) is 0. The standard InChI is InChI=1S/C15H9BrF2O2/c16-11-4-1-8(5-12(11)18)14-7-13(19)10-3-2-9(17)6-15(10)20-14/h1-6,14H,7H2. The van der Waals surface area contributed by atoms with E-state index in [1.165, 1.54) is 24.3 Å². The Hall–Kier alpha value is -1.75. The number of carbonyl (C=O) groups is 1. The quantitative estimate of drug-likeness (QED) is 0.768. The van der Waals surface area contributed by atoms with Crippen LogP contribution in [0.2, 0.25) is 0 Å². The van der Waals surface area contributed by atoms with E-state index in [-0.39, 0.29) is 18.0 Å². The molecule has 5 heteroatoms. The maximum absolute atomic E-state index is 13.5. The van der Waals surface area contributed by atoms with E-state index in [1.807, 2.05) is 0 Å². The van der Waals surface area contributed by atoms with Crippen molar-refractivity contribution in [3.05, 3.63) is 63.6 Å². The number of hydrogen-bond acceptors (Lipinski definition) is 2. The van der Waals surface area contributed by atoms with Gasteiger partial charge in [0.2, 0.25) is 0 Å². The van der Waals surface area contributed by atoms with Crippen molar-refractivity contribution in [2.24, 2.45) is 0 Å². The summed E-state index contributed by atoms with van der Waals surface area (Å²) >= 11 is 3.07. The summed E-state index contributed by atoms with van der Waals surface area (Å²) in [6.45, 7) is 0. The van der Waals surface area contributed by atoms with Crippen LogP contribution in [0, 0.1) is 11.6 Å². The number of rotatable bonds is 1. The van der Waals surface area contributed by atoms with Gasteiger partial charge in [0.05, 0.1) is 16.5 Å². The number of ether oxygens (including phenoxy) is 1. The highest BCUT2D eigenvalue weighted by Gasteiger charge is 2.28. The van der Waals surface area contributed by atoms with Crippen LogP contribution in [0.25, 0.3) is 0 Å². The monoisotopic (exact) mass is 338 g/mol. The zero-order valence-corrected chi connectivity index (χ0v) is 11.8. The molecule has 0 saturated heterocycles. The Bertz CT molecular complexity index is 700. The molecule has 1 heterocycles. The second-order valence-electron chi connectivity index (χ2n) is 4.55. The lowest BCUT2D eigenvalue weighted by Gasteiger charge is -2.25. The third-order valence-electron chi connectivity index (χ3n) is 3.20. The second kappa shape index (κ2) is 4.98. The number of fused-ring (bicyclic) bond motifs is 1. The molecule has 1 aliphatic rings. The Morgan fingerprint density at radius 1 is 1.15 bits per heavy atom. The van der Waals surface area contributed by atoms with E-state index in [2.05, 4.69) is 15.9 Å². The summed E-state index contributed by atoms with van der Waals surface area (Å²) in [5.41, 5.74) is 0.911. The lowest BCUT2D eigenvalue weighted by atomic mass is 9.96. The predicted molar refractivity (Wildman–Crippen MR) is 72.8 cm³/mol. The Morgan fingerprint density at radius 3 is 2.70 bits per heavy atom. The van der Waals surface area contributed by atoms with Crippen LogP contribution in [0.4, 0.5) is 8.78 Å². The Kier molecular flexibility index (Phi) is 3.30. The van der Waals surface area contributed by atoms with Crippen LogP contribution in [0.1, 0.15) is 28.4 Å². The first-order valence-electron chi connectivity index (χ1n) is 5.99. The molecule has 20 heavy (non-hydrogen) atoms. The van der Waals surface area contributed by atoms with E-state index in [0.717, 1.165) is 0 Å². The van der Waals surface area contributed by atoms with Gasteiger partial charge in [-0.3, -0.25) is 4.79 Å². The third-order valence-corrected chi connectivity index (χ3v) is 3.84. The molecular formula is C15H9BrF2O2. The average molecular weight is 339 g/mol. The Morgan fingerprint density at radius 2 is 1.95 bits per heavy atom. The number of hydrogen-bond donors (Lipinski definition) is 0. The van der Waals surface area contributed by atoms with Crippen LogP contribution in [0.5, 0.6) is 5.75 Å². The molecule has 3 rings (SSSR count). The summed E-state index contributed by atoms with van der Waals surface area (Å²) in [6, 6.07) is 8.35. The molecule has 0 aliphatic carbocycles. The largest absolute Gasteiger partial charge is 0.484 e. The van der Waals surface area contributed by atoms with E-state index in [9.17, 15) is 13.6 Å². The summed E-state index contributed by atoms with van der Waals surface area (Å²) in [6.07, 6.45) is -0.487. The molecule has 0 aromatic heterocycles. The van der Waals surface area contributed by atoms with Crippen LogP contribution in [0.3, 0.4) is 0 Å². The van der Waals surface area contributed by atoms with Crippen molar-refractivity contribution in [3.8, 4) is 5.75 Å². The van der Waals surface area contributed by atoms with E-state index in [4.69, 9.17) is 4.74 Å². The fourth-order valence-electron chi connectivity index (χ4n) is 2.20. The normalized spacial score (nSPS) is 17.6. The van der Waals surface area contributed by atoms with E-state index < -0.39 is 17.7 Å². The Balaban J connectivity index is 1.98. The highest BCUT2D eigenvalue weighted by atomic mass is 79.9. The first-order valence-corrected chi connectivity index (χ1v) is 6.78. The van der Waals surface area contributed by atoms with E-state index >= 15 is 0 Å². The molecule has 1 unspecified atom stereocenters. The summed E-state index contributed by atoms with van der Waals surface area (Å²) in [4.78, 5) is 12.0. The van der Waals surface area contributed by atoms with Crippen molar-refractivity contribution in [1.29, 1.82) is 0 Å². The van der Waals surface area contributed by atoms with Gasteiger partial charge in [0.25, 0.3) is 0 Å². The maximum atomic E-state index is 13.5. The molecule has 2 aromatic carbocycles. The number of Topliss-reactive ketones (excluding diaryl/α,β-unsaturated/α-hetero) is 1. The molecule has 1 aliphatic heterocycles. The molecule has 2 nitrogen and oxygen atoms in total. The number of benzene rings is 2. The molecule has 0 saturated carbocycles. The van der Waals surface area contributed by atoms with Gasteiger partial charge in [-0.2, -0.15) is 0 Å². The van der Waals surface area contributed by atoms with Gasteiger partial charge in [-0.05, 0) is 45.8 Å². The summed E-state index contributed by atoms with van der Waals surface area (Å²) < 4.78 is 32.7. The molecule has 0 amide bonds. The third kappa shape index (κ3) is 2.33.